The molecule has 88 valence electrons. The molecule has 0 unspecified atom stereocenters. The summed E-state index contributed by atoms with van der Waals surface area (Å²) in [5, 5.41) is 8.54. The summed E-state index contributed by atoms with van der Waals surface area (Å²) >= 11 is 0. The first-order chi connectivity index (χ1) is 7.34. The van der Waals surface area contributed by atoms with Gasteiger partial charge in [0.1, 0.15) is 0 Å². The fourth-order valence-corrected chi connectivity index (χ4v) is 1.35. The van der Waals surface area contributed by atoms with Gasteiger partial charge in [0.05, 0.1) is 6.42 Å². The van der Waals surface area contributed by atoms with E-state index in [2.05, 4.69) is 0 Å². The molecule has 1 rings (SSSR count). The zero-order valence-corrected chi connectivity index (χ0v) is 9.21. The number of alkyl halides is 2. The second-order valence-corrected chi connectivity index (χ2v) is 4.05. The van der Waals surface area contributed by atoms with E-state index in [0.29, 0.717) is 5.56 Å². The molecule has 1 aromatic rings. The Balaban J connectivity index is 2.90. The molecule has 4 heteroatoms. The smallest absolute Gasteiger partial charge is 0.307 e. The maximum absolute atomic E-state index is 13.6. The molecule has 0 spiro atoms. The van der Waals surface area contributed by atoms with Crippen molar-refractivity contribution in [2.45, 2.75) is 26.2 Å². The summed E-state index contributed by atoms with van der Waals surface area (Å²) in [5.41, 5.74) is 0.451. The Kier molecular flexibility index (Phi) is 3.62. The van der Waals surface area contributed by atoms with Gasteiger partial charge in [-0.25, -0.2) is 8.78 Å². The van der Waals surface area contributed by atoms with Crippen LogP contribution in [0.4, 0.5) is 8.78 Å². The fourth-order valence-electron chi connectivity index (χ4n) is 1.35. The Hall–Kier alpha value is -1.45. The van der Waals surface area contributed by atoms with Gasteiger partial charge in [0, 0.05) is 11.5 Å². The first-order valence-electron chi connectivity index (χ1n) is 5.03. The van der Waals surface area contributed by atoms with Crippen LogP contribution in [0, 0.1) is 5.92 Å². The number of carbonyl (C=O) groups is 1. The zero-order valence-electron chi connectivity index (χ0n) is 9.21. The van der Waals surface area contributed by atoms with Gasteiger partial charge in [-0.2, -0.15) is 0 Å². The van der Waals surface area contributed by atoms with Crippen LogP contribution in [0.5, 0.6) is 0 Å². The number of aliphatic carboxylic acids is 1. The van der Waals surface area contributed by atoms with E-state index in [-0.39, 0.29) is 12.0 Å². The molecular formula is C12H14F2O2. The van der Waals surface area contributed by atoms with Crippen LogP contribution in [-0.2, 0) is 17.1 Å². The highest BCUT2D eigenvalue weighted by Crippen LogP contribution is 2.35. The van der Waals surface area contributed by atoms with Crippen molar-refractivity contribution in [3.63, 3.8) is 0 Å². The van der Waals surface area contributed by atoms with Gasteiger partial charge >= 0.3 is 5.97 Å². The van der Waals surface area contributed by atoms with Gasteiger partial charge in [-0.05, 0) is 5.56 Å². The van der Waals surface area contributed by atoms with E-state index in [1.54, 1.807) is 0 Å². The van der Waals surface area contributed by atoms with Crippen molar-refractivity contribution in [3.05, 3.63) is 35.4 Å². The largest absolute Gasteiger partial charge is 0.481 e. The Morgan fingerprint density at radius 3 is 2.19 bits per heavy atom. The maximum Gasteiger partial charge on any atom is 0.307 e. The molecule has 0 aromatic heterocycles. The second kappa shape index (κ2) is 4.60. The summed E-state index contributed by atoms with van der Waals surface area (Å²) in [5.74, 6) is -4.62. The van der Waals surface area contributed by atoms with E-state index in [9.17, 15) is 13.6 Å². The predicted octanol–water partition coefficient (Wildman–Crippen LogP) is 3.06. The molecule has 1 aromatic carbocycles. The molecule has 0 fully saturated rings. The Labute approximate surface area is 92.9 Å². The Bertz CT molecular complexity index is 369. The molecule has 2 nitrogen and oxygen atoms in total. The lowest BCUT2D eigenvalue weighted by atomic mass is 9.96. The van der Waals surface area contributed by atoms with Crippen LogP contribution in [0.1, 0.15) is 25.0 Å². The molecule has 0 saturated carbocycles. The standard InChI is InChI=1S/C12H14F2O2/c1-8(2)12(13,14)10-5-3-9(4-6-10)7-11(15)16/h3-6,8H,7H2,1-2H3,(H,15,16). The average Bonchev–Trinajstić information content (AvgIpc) is 2.17. The van der Waals surface area contributed by atoms with Crippen molar-refractivity contribution < 1.29 is 18.7 Å². The lowest BCUT2D eigenvalue weighted by Crippen LogP contribution is -2.20. The third kappa shape index (κ3) is 2.78. The van der Waals surface area contributed by atoms with Crippen LogP contribution in [0.2, 0.25) is 0 Å². The minimum Gasteiger partial charge on any atom is -0.481 e. The molecule has 0 amide bonds. The average molecular weight is 228 g/mol. The quantitative estimate of drug-likeness (QED) is 0.859. The summed E-state index contributed by atoms with van der Waals surface area (Å²) in [4.78, 5) is 10.4. The summed E-state index contributed by atoms with van der Waals surface area (Å²) in [6, 6.07) is 5.44. The van der Waals surface area contributed by atoms with Gasteiger partial charge in [-0.3, -0.25) is 4.79 Å². The summed E-state index contributed by atoms with van der Waals surface area (Å²) < 4.78 is 27.1. The molecule has 0 heterocycles. The highest BCUT2D eigenvalue weighted by atomic mass is 19.3. The van der Waals surface area contributed by atoms with E-state index < -0.39 is 17.8 Å². The maximum atomic E-state index is 13.6. The number of hydrogen-bond acceptors (Lipinski definition) is 1. The third-order valence-corrected chi connectivity index (χ3v) is 2.42. The Morgan fingerprint density at radius 2 is 1.81 bits per heavy atom. The fraction of sp³-hybridized carbons (Fsp3) is 0.417. The first-order valence-corrected chi connectivity index (χ1v) is 5.03. The van der Waals surface area contributed by atoms with Crippen LogP contribution in [0.25, 0.3) is 0 Å². The predicted molar refractivity (Wildman–Crippen MR) is 56.5 cm³/mol. The normalized spacial score (nSPS) is 11.8. The van der Waals surface area contributed by atoms with Crippen molar-refractivity contribution in [2.24, 2.45) is 5.92 Å². The molecule has 0 aliphatic rings. The third-order valence-electron chi connectivity index (χ3n) is 2.42. The van der Waals surface area contributed by atoms with E-state index in [0.717, 1.165) is 0 Å². The summed E-state index contributed by atoms with van der Waals surface area (Å²) in [7, 11) is 0. The SMILES string of the molecule is CC(C)C(F)(F)c1ccc(CC(=O)O)cc1. The highest BCUT2D eigenvalue weighted by molar-refractivity contribution is 5.70. The second-order valence-electron chi connectivity index (χ2n) is 4.05. The topological polar surface area (TPSA) is 37.3 Å². The van der Waals surface area contributed by atoms with Crippen molar-refractivity contribution >= 4 is 5.97 Å². The van der Waals surface area contributed by atoms with E-state index >= 15 is 0 Å². The summed E-state index contributed by atoms with van der Waals surface area (Å²) in [6.45, 7) is 2.90. The van der Waals surface area contributed by atoms with Gasteiger partial charge in [0.15, 0.2) is 0 Å². The molecule has 1 N–H and O–H groups in total. The number of carboxylic acid groups (broad SMARTS) is 1. The lowest BCUT2D eigenvalue weighted by Gasteiger charge is -2.20. The first kappa shape index (κ1) is 12.6. The van der Waals surface area contributed by atoms with Gasteiger partial charge < -0.3 is 5.11 Å². The van der Waals surface area contributed by atoms with Gasteiger partial charge in [0.25, 0.3) is 5.92 Å². The van der Waals surface area contributed by atoms with Crippen LogP contribution in [0.15, 0.2) is 24.3 Å². The number of rotatable bonds is 4. The van der Waals surface area contributed by atoms with Crippen LogP contribution in [-0.4, -0.2) is 11.1 Å². The van der Waals surface area contributed by atoms with E-state index in [1.165, 1.54) is 38.1 Å². The minimum absolute atomic E-state index is 0.0726. The lowest BCUT2D eigenvalue weighted by molar-refractivity contribution is -0.136. The molecule has 0 aliphatic carbocycles. The highest BCUT2D eigenvalue weighted by Gasteiger charge is 2.35. The zero-order chi connectivity index (χ0) is 12.3. The molecular weight excluding hydrogens is 214 g/mol. The van der Waals surface area contributed by atoms with E-state index in [4.69, 9.17) is 5.11 Å². The van der Waals surface area contributed by atoms with Crippen molar-refractivity contribution in [1.82, 2.24) is 0 Å². The van der Waals surface area contributed by atoms with Crippen molar-refractivity contribution in [3.8, 4) is 0 Å². The number of hydrogen-bond donors (Lipinski definition) is 1. The van der Waals surface area contributed by atoms with Crippen LogP contribution >= 0.6 is 0 Å². The van der Waals surface area contributed by atoms with Crippen molar-refractivity contribution in [1.29, 1.82) is 0 Å². The van der Waals surface area contributed by atoms with Gasteiger partial charge in [-0.1, -0.05) is 38.1 Å². The number of halogens is 2. The molecule has 0 atom stereocenters. The Morgan fingerprint density at radius 1 is 1.31 bits per heavy atom. The monoisotopic (exact) mass is 228 g/mol. The van der Waals surface area contributed by atoms with Gasteiger partial charge in [-0.15, -0.1) is 0 Å². The minimum atomic E-state index is -2.87. The number of carboxylic acids is 1. The van der Waals surface area contributed by atoms with Crippen molar-refractivity contribution in [2.75, 3.05) is 0 Å². The number of benzene rings is 1. The van der Waals surface area contributed by atoms with Crippen LogP contribution < -0.4 is 0 Å². The van der Waals surface area contributed by atoms with Gasteiger partial charge in [0.2, 0.25) is 0 Å². The molecule has 0 bridgehead atoms. The van der Waals surface area contributed by atoms with Crippen LogP contribution in [0.3, 0.4) is 0 Å². The molecule has 0 aliphatic heterocycles. The summed E-state index contributed by atoms with van der Waals surface area (Å²) in [6.07, 6.45) is -0.145. The molecule has 0 saturated heterocycles. The molecule has 0 radical (unpaired) electrons. The molecule has 16 heavy (non-hydrogen) atoms. The van der Waals surface area contributed by atoms with E-state index in [1.807, 2.05) is 0 Å².